The van der Waals surface area contributed by atoms with Crippen LogP contribution in [0.25, 0.3) is 0 Å². The molecule has 0 saturated carbocycles. The monoisotopic (exact) mass is 245 g/mol. The fourth-order valence-corrected chi connectivity index (χ4v) is 1.26. The fourth-order valence-electron chi connectivity index (χ4n) is 1.26. The van der Waals surface area contributed by atoms with Crippen molar-refractivity contribution in [3.63, 3.8) is 0 Å². The van der Waals surface area contributed by atoms with Crippen molar-refractivity contribution >= 4 is 17.8 Å². The van der Waals surface area contributed by atoms with Gasteiger partial charge in [-0.3, -0.25) is 14.4 Å². The fraction of sp³-hybridized carbons (Fsp3) is 0.727. The van der Waals surface area contributed by atoms with Crippen molar-refractivity contribution in [2.24, 2.45) is 0 Å². The van der Waals surface area contributed by atoms with Gasteiger partial charge >= 0.3 is 11.9 Å². The lowest BCUT2D eigenvalue weighted by Gasteiger charge is -2.14. The smallest absolute Gasteiger partial charge is 0.306 e. The molecule has 0 aliphatic heterocycles. The largest absolute Gasteiger partial charge is 0.481 e. The lowest BCUT2D eigenvalue weighted by atomic mass is 10.1. The van der Waals surface area contributed by atoms with Gasteiger partial charge in [-0.1, -0.05) is 6.92 Å². The third-order valence-electron chi connectivity index (χ3n) is 2.14. The third kappa shape index (κ3) is 8.24. The number of amides is 1. The summed E-state index contributed by atoms with van der Waals surface area (Å²) in [6.07, 6.45) is 0.469. The Bertz CT molecular complexity index is 277. The standard InChI is InChI=1S/C11H19NO5/c1-3-8(7-10(14)15)12-9(13)5-6-11(16)17-4-2/h8H,3-7H2,1-2H3,(H,12,13)(H,14,15). The molecule has 1 atom stereocenters. The highest BCUT2D eigenvalue weighted by Gasteiger charge is 2.14. The van der Waals surface area contributed by atoms with E-state index in [-0.39, 0.29) is 37.8 Å². The van der Waals surface area contributed by atoms with Crippen molar-refractivity contribution in [3.8, 4) is 0 Å². The number of carbonyl (C=O) groups is 3. The van der Waals surface area contributed by atoms with E-state index < -0.39 is 11.9 Å². The van der Waals surface area contributed by atoms with Gasteiger partial charge in [0.2, 0.25) is 5.91 Å². The molecule has 1 amide bonds. The second-order valence-corrected chi connectivity index (χ2v) is 3.58. The average Bonchev–Trinajstić information content (AvgIpc) is 2.25. The van der Waals surface area contributed by atoms with Gasteiger partial charge in [-0.2, -0.15) is 0 Å². The number of esters is 1. The van der Waals surface area contributed by atoms with Crippen molar-refractivity contribution in [1.82, 2.24) is 5.32 Å². The summed E-state index contributed by atoms with van der Waals surface area (Å²) in [5.74, 6) is -1.71. The highest BCUT2D eigenvalue weighted by molar-refractivity contribution is 5.81. The van der Waals surface area contributed by atoms with Crippen molar-refractivity contribution < 1.29 is 24.2 Å². The number of hydrogen-bond acceptors (Lipinski definition) is 4. The Morgan fingerprint density at radius 1 is 1.24 bits per heavy atom. The molecule has 0 heterocycles. The van der Waals surface area contributed by atoms with E-state index in [2.05, 4.69) is 10.1 Å². The second-order valence-electron chi connectivity index (χ2n) is 3.58. The minimum atomic E-state index is -0.956. The van der Waals surface area contributed by atoms with Crippen LogP contribution in [0.15, 0.2) is 0 Å². The number of carboxylic acid groups (broad SMARTS) is 1. The first-order chi connectivity index (χ1) is 7.99. The SMILES string of the molecule is CCOC(=O)CCC(=O)NC(CC)CC(=O)O. The lowest BCUT2D eigenvalue weighted by molar-refractivity contribution is -0.144. The summed E-state index contributed by atoms with van der Waals surface area (Å²) in [7, 11) is 0. The highest BCUT2D eigenvalue weighted by atomic mass is 16.5. The zero-order chi connectivity index (χ0) is 13.3. The molecule has 0 fully saturated rings. The van der Waals surface area contributed by atoms with E-state index in [0.717, 1.165) is 0 Å². The van der Waals surface area contributed by atoms with E-state index in [1.807, 2.05) is 0 Å². The Hall–Kier alpha value is -1.59. The molecular formula is C11H19NO5. The first-order valence-electron chi connectivity index (χ1n) is 5.66. The molecule has 0 aliphatic rings. The number of carbonyl (C=O) groups excluding carboxylic acids is 2. The first kappa shape index (κ1) is 15.4. The Morgan fingerprint density at radius 2 is 1.88 bits per heavy atom. The van der Waals surface area contributed by atoms with Crippen molar-refractivity contribution in [3.05, 3.63) is 0 Å². The van der Waals surface area contributed by atoms with Crippen LogP contribution < -0.4 is 5.32 Å². The number of hydrogen-bond donors (Lipinski definition) is 2. The van der Waals surface area contributed by atoms with Crippen LogP contribution in [0.2, 0.25) is 0 Å². The summed E-state index contributed by atoms with van der Waals surface area (Å²) in [6.45, 7) is 3.77. The molecule has 0 radical (unpaired) electrons. The summed E-state index contributed by atoms with van der Waals surface area (Å²) < 4.78 is 4.68. The van der Waals surface area contributed by atoms with Crippen LogP contribution in [-0.2, 0) is 19.1 Å². The summed E-state index contributed by atoms with van der Waals surface area (Å²) in [5, 5.41) is 11.2. The van der Waals surface area contributed by atoms with Gasteiger partial charge in [-0.05, 0) is 13.3 Å². The predicted octanol–water partition coefficient (Wildman–Crippen LogP) is 0.699. The predicted molar refractivity (Wildman–Crippen MR) is 60.3 cm³/mol. The summed E-state index contributed by atoms with van der Waals surface area (Å²) >= 11 is 0. The van der Waals surface area contributed by atoms with Crippen LogP contribution in [0.5, 0.6) is 0 Å². The van der Waals surface area contributed by atoms with Gasteiger partial charge < -0.3 is 15.2 Å². The van der Waals surface area contributed by atoms with Gasteiger partial charge in [-0.15, -0.1) is 0 Å². The topological polar surface area (TPSA) is 92.7 Å². The summed E-state index contributed by atoms with van der Waals surface area (Å²) in [4.78, 5) is 32.9. The van der Waals surface area contributed by atoms with E-state index in [1.54, 1.807) is 13.8 Å². The normalized spacial score (nSPS) is 11.6. The van der Waals surface area contributed by atoms with Crippen molar-refractivity contribution in [2.45, 2.75) is 45.6 Å². The number of nitrogens with one attached hydrogen (secondary N) is 1. The Labute approximate surface area is 100 Å². The molecule has 6 heteroatoms. The van der Waals surface area contributed by atoms with Gasteiger partial charge in [0.15, 0.2) is 0 Å². The van der Waals surface area contributed by atoms with Crippen LogP contribution in [0.1, 0.15) is 39.5 Å². The molecule has 6 nitrogen and oxygen atoms in total. The van der Waals surface area contributed by atoms with Crippen molar-refractivity contribution in [1.29, 1.82) is 0 Å². The molecule has 0 spiro atoms. The third-order valence-corrected chi connectivity index (χ3v) is 2.14. The van der Waals surface area contributed by atoms with E-state index in [4.69, 9.17) is 5.11 Å². The molecule has 0 rings (SSSR count). The van der Waals surface area contributed by atoms with Gasteiger partial charge in [-0.25, -0.2) is 0 Å². The van der Waals surface area contributed by atoms with Crippen LogP contribution in [0.3, 0.4) is 0 Å². The molecule has 0 aromatic heterocycles. The zero-order valence-corrected chi connectivity index (χ0v) is 10.2. The molecule has 1 unspecified atom stereocenters. The van der Waals surface area contributed by atoms with E-state index in [0.29, 0.717) is 6.42 Å². The first-order valence-corrected chi connectivity index (χ1v) is 5.66. The summed E-state index contributed by atoms with van der Waals surface area (Å²) in [6, 6.07) is -0.387. The van der Waals surface area contributed by atoms with Gasteiger partial charge in [0.05, 0.1) is 19.4 Å². The zero-order valence-electron chi connectivity index (χ0n) is 10.2. The second kappa shape index (κ2) is 8.55. The van der Waals surface area contributed by atoms with E-state index >= 15 is 0 Å². The molecule has 0 bridgehead atoms. The van der Waals surface area contributed by atoms with Crippen LogP contribution in [0, 0.1) is 0 Å². The van der Waals surface area contributed by atoms with Crippen molar-refractivity contribution in [2.75, 3.05) is 6.61 Å². The van der Waals surface area contributed by atoms with E-state index in [9.17, 15) is 14.4 Å². The quantitative estimate of drug-likeness (QED) is 0.614. The minimum absolute atomic E-state index is 0.0170. The van der Waals surface area contributed by atoms with Crippen LogP contribution in [-0.4, -0.2) is 35.6 Å². The molecule has 98 valence electrons. The number of ether oxygens (including phenoxy) is 1. The lowest BCUT2D eigenvalue weighted by Crippen LogP contribution is -2.36. The maximum absolute atomic E-state index is 11.4. The van der Waals surface area contributed by atoms with Gasteiger partial charge in [0, 0.05) is 12.5 Å². The molecule has 0 aromatic rings. The van der Waals surface area contributed by atoms with Gasteiger partial charge in [0.1, 0.15) is 0 Å². The molecular weight excluding hydrogens is 226 g/mol. The Morgan fingerprint density at radius 3 is 2.35 bits per heavy atom. The molecule has 2 N–H and O–H groups in total. The Kier molecular flexibility index (Phi) is 7.75. The summed E-state index contributed by atoms with van der Waals surface area (Å²) in [5.41, 5.74) is 0. The Balaban J connectivity index is 3.90. The number of aliphatic carboxylic acids is 1. The van der Waals surface area contributed by atoms with Crippen LogP contribution >= 0.6 is 0 Å². The maximum atomic E-state index is 11.4. The highest BCUT2D eigenvalue weighted by Crippen LogP contribution is 2.00. The maximum Gasteiger partial charge on any atom is 0.306 e. The molecule has 0 aliphatic carbocycles. The van der Waals surface area contributed by atoms with E-state index in [1.165, 1.54) is 0 Å². The van der Waals surface area contributed by atoms with Crippen LogP contribution in [0.4, 0.5) is 0 Å². The number of rotatable bonds is 8. The molecule has 0 saturated heterocycles. The molecule has 0 aromatic carbocycles. The average molecular weight is 245 g/mol. The number of carboxylic acids is 1. The van der Waals surface area contributed by atoms with Gasteiger partial charge in [0.25, 0.3) is 0 Å². The molecule has 17 heavy (non-hydrogen) atoms. The minimum Gasteiger partial charge on any atom is -0.481 e.